The van der Waals surface area contributed by atoms with Crippen LogP contribution in [0.1, 0.15) is 38.0 Å². The van der Waals surface area contributed by atoms with E-state index >= 15 is 0 Å². The highest BCUT2D eigenvalue weighted by Crippen LogP contribution is 2.23. The number of hydrogen-bond acceptors (Lipinski definition) is 4. The number of carboxylic acid groups (broad SMARTS) is 2. The van der Waals surface area contributed by atoms with Gasteiger partial charge in [-0.25, -0.2) is 9.59 Å². The van der Waals surface area contributed by atoms with Crippen molar-refractivity contribution >= 4 is 17.7 Å². The predicted molar refractivity (Wildman–Crippen MR) is 52.0 cm³/mol. The number of Topliss-reactive ketones (excluding diaryl/α,β-unsaturated/α-hetero) is 1. The standard InChI is InChI=1S/C10H8O6/c1-4(11)5-2-6(9(13)14)7(10(15)16)3-8(5)12/h2-3,12H,1H3,(H,13,14)(H,15,16). The molecule has 0 saturated heterocycles. The van der Waals surface area contributed by atoms with E-state index in [0.29, 0.717) is 0 Å². The Morgan fingerprint density at radius 1 is 0.938 bits per heavy atom. The molecule has 0 aliphatic heterocycles. The largest absolute Gasteiger partial charge is 0.507 e. The number of benzene rings is 1. The first kappa shape index (κ1) is 11.7. The third-order valence-corrected chi connectivity index (χ3v) is 1.98. The lowest BCUT2D eigenvalue weighted by atomic mass is 10.0. The molecule has 0 unspecified atom stereocenters. The van der Waals surface area contributed by atoms with Crippen LogP contribution < -0.4 is 0 Å². The van der Waals surface area contributed by atoms with Crippen LogP contribution in [0.3, 0.4) is 0 Å². The van der Waals surface area contributed by atoms with Crippen molar-refractivity contribution in [3.63, 3.8) is 0 Å². The van der Waals surface area contributed by atoms with Gasteiger partial charge in [-0.1, -0.05) is 0 Å². The summed E-state index contributed by atoms with van der Waals surface area (Å²) >= 11 is 0. The second kappa shape index (κ2) is 4.01. The van der Waals surface area contributed by atoms with Crippen molar-refractivity contribution in [3.8, 4) is 5.75 Å². The van der Waals surface area contributed by atoms with Gasteiger partial charge in [0.2, 0.25) is 0 Å². The predicted octanol–water partition coefficient (Wildman–Crippen LogP) is 0.991. The molecule has 84 valence electrons. The molecule has 0 atom stereocenters. The molecule has 0 fully saturated rings. The Kier molecular flexibility index (Phi) is 2.94. The molecule has 16 heavy (non-hydrogen) atoms. The highest BCUT2D eigenvalue weighted by atomic mass is 16.4. The van der Waals surface area contributed by atoms with E-state index in [1.165, 1.54) is 0 Å². The first-order valence-electron chi connectivity index (χ1n) is 4.19. The summed E-state index contributed by atoms with van der Waals surface area (Å²) in [5.74, 6) is -4.05. The van der Waals surface area contributed by atoms with Gasteiger partial charge in [0, 0.05) is 0 Å². The molecule has 0 spiro atoms. The highest BCUT2D eigenvalue weighted by Gasteiger charge is 2.20. The van der Waals surface area contributed by atoms with Crippen LogP contribution in [-0.2, 0) is 0 Å². The minimum atomic E-state index is -1.48. The minimum Gasteiger partial charge on any atom is -0.507 e. The third-order valence-electron chi connectivity index (χ3n) is 1.98. The number of carbonyl (C=O) groups excluding carboxylic acids is 1. The van der Waals surface area contributed by atoms with Crippen LogP contribution >= 0.6 is 0 Å². The fraction of sp³-hybridized carbons (Fsp3) is 0.100. The van der Waals surface area contributed by atoms with Crippen LogP contribution in [0, 0.1) is 0 Å². The van der Waals surface area contributed by atoms with E-state index in [9.17, 15) is 19.5 Å². The SMILES string of the molecule is CC(=O)c1cc(C(=O)O)c(C(=O)O)cc1O. The summed E-state index contributed by atoms with van der Waals surface area (Å²) in [4.78, 5) is 32.5. The Labute approximate surface area is 89.8 Å². The smallest absolute Gasteiger partial charge is 0.336 e. The molecular weight excluding hydrogens is 216 g/mol. The first-order valence-corrected chi connectivity index (χ1v) is 4.19. The average molecular weight is 224 g/mol. The molecule has 0 amide bonds. The van der Waals surface area contributed by atoms with Gasteiger partial charge in [0.25, 0.3) is 0 Å². The second-order valence-corrected chi connectivity index (χ2v) is 3.08. The highest BCUT2D eigenvalue weighted by molar-refractivity contribution is 6.06. The van der Waals surface area contributed by atoms with Gasteiger partial charge in [0.1, 0.15) is 5.75 Å². The van der Waals surface area contributed by atoms with Crippen molar-refractivity contribution in [2.24, 2.45) is 0 Å². The molecule has 1 aromatic rings. The van der Waals surface area contributed by atoms with E-state index in [0.717, 1.165) is 19.1 Å². The van der Waals surface area contributed by atoms with E-state index < -0.39 is 34.6 Å². The van der Waals surface area contributed by atoms with Crippen molar-refractivity contribution in [2.45, 2.75) is 6.92 Å². The van der Waals surface area contributed by atoms with Crippen LogP contribution in [-0.4, -0.2) is 33.0 Å². The normalized spacial score (nSPS) is 9.81. The minimum absolute atomic E-state index is 0.220. The number of aromatic hydroxyl groups is 1. The van der Waals surface area contributed by atoms with Crippen LogP contribution in [0.2, 0.25) is 0 Å². The molecule has 0 aliphatic carbocycles. The molecule has 0 aromatic heterocycles. The number of rotatable bonds is 3. The molecule has 0 saturated carbocycles. The Morgan fingerprint density at radius 3 is 1.75 bits per heavy atom. The molecule has 0 bridgehead atoms. The zero-order valence-electron chi connectivity index (χ0n) is 8.22. The number of hydrogen-bond donors (Lipinski definition) is 3. The molecule has 3 N–H and O–H groups in total. The summed E-state index contributed by atoms with van der Waals surface area (Å²) in [6.45, 7) is 1.14. The molecule has 0 heterocycles. The summed E-state index contributed by atoms with van der Waals surface area (Å²) in [6, 6.07) is 1.60. The molecular formula is C10H8O6. The van der Waals surface area contributed by atoms with Crippen molar-refractivity contribution in [3.05, 3.63) is 28.8 Å². The zero-order valence-corrected chi connectivity index (χ0v) is 8.22. The maximum absolute atomic E-state index is 11.0. The molecule has 1 rings (SSSR count). The number of aromatic carboxylic acids is 2. The van der Waals surface area contributed by atoms with Crippen molar-refractivity contribution in [1.29, 1.82) is 0 Å². The lowest BCUT2D eigenvalue weighted by Crippen LogP contribution is -2.10. The fourth-order valence-electron chi connectivity index (χ4n) is 1.22. The maximum atomic E-state index is 11.0. The van der Waals surface area contributed by atoms with Gasteiger partial charge in [0.05, 0.1) is 16.7 Å². The number of ketones is 1. The summed E-state index contributed by atoms with van der Waals surface area (Å²) in [6.07, 6.45) is 0. The lowest BCUT2D eigenvalue weighted by molar-refractivity contribution is 0.0651. The summed E-state index contributed by atoms with van der Waals surface area (Å²) in [5, 5.41) is 26.8. The summed E-state index contributed by atoms with van der Waals surface area (Å²) < 4.78 is 0. The summed E-state index contributed by atoms with van der Waals surface area (Å²) in [7, 11) is 0. The number of phenolic OH excluding ortho intramolecular Hbond substituents is 1. The van der Waals surface area contributed by atoms with E-state index in [-0.39, 0.29) is 5.56 Å². The van der Waals surface area contributed by atoms with Crippen LogP contribution in [0.15, 0.2) is 12.1 Å². The monoisotopic (exact) mass is 224 g/mol. The maximum Gasteiger partial charge on any atom is 0.336 e. The van der Waals surface area contributed by atoms with Gasteiger partial charge >= 0.3 is 11.9 Å². The van der Waals surface area contributed by atoms with Crippen molar-refractivity contribution in [2.75, 3.05) is 0 Å². The van der Waals surface area contributed by atoms with Gasteiger partial charge in [0.15, 0.2) is 5.78 Å². The van der Waals surface area contributed by atoms with Gasteiger partial charge in [-0.2, -0.15) is 0 Å². The third kappa shape index (κ3) is 2.00. The molecule has 6 heteroatoms. The van der Waals surface area contributed by atoms with Crippen LogP contribution in [0.25, 0.3) is 0 Å². The van der Waals surface area contributed by atoms with Crippen LogP contribution in [0.5, 0.6) is 5.75 Å². The van der Waals surface area contributed by atoms with Gasteiger partial charge < -0.3 is 15.3 Å². The Hall–Kier alpha value is -2.37. The van der Waals surface area contributed by atoms with Crippen LogP contribution in [0.4, 0.5) is 0 Å². The Balaban J connectivity index is 3.55. The number of phenols is 1. The molecule has 1 aromatic carbocycles. The Bertz CT molecular complexity index is 488. The van der Waals surface area contributed by atoms with Gasteiger partial charge in [-0.15, -0.1) is 0 Å². The second-order valence-electron chi connectivity index (χ2n) is 3.08. The average Bonchev–Trinajstić information content (AvgIpc) is 2.15. The van der Waals surface area contributed by atoms with E-state index in [4.69, 9.17) is 10.2 Å². The first-order chi connectivity index (χ1) is 7.34. The number of carboxylic acids is 2. The van der Waals surface area contributed by atoms with Crippen molar-refractivity contribution < 1.29 is 29.7 Å². The Morgan fingerprint density at radius 2 is 1.38 bits per heavy atom. The van der Waals surface area contributed by atoms with E-state index in [1.54, 1.807) is 0 Å². The molecule has 0 aliphatic rings. The van der Waals surface area contributed by atoms with Crippen molar-refractivity contribution in [1.82, 2.24) is 0 Å². The molecule has 6 nitrogen and oxygen atoms in total. The fourth-order valence-corrected chi connectivity index (χ4v) is 1.22. The van der Waals surface area contributed by atoms with E-state index in [2.05, 4.69) is 0 Å². The quantitative estimate of drug-likeness (QED) is 0.660. The topological polar surface area (TPSA) is 112 Å². The summed E-state index contributed by atoms with van der Waals surface area (Å²) in [5.41, 5.74) is -1.31. The zero-order chi connectivity index (χ0) is 12.5. The van der Waals surface area contributed by atoms with E-state index in [1.807, 2.05) is 0 Å². The molecule has 0 radical (unpaired) electrons. The lowest BCUT2D eigenvalue weighted by Gasteiger charge is -2.06. The van der Waals surface area contributed by atoms with Gasteiger partial charge in [-0.3, -0.25) is 4.79 Å². The van der Waals surface area contributed by atoms with Gasteiger partial charge in [-0.05, 0) is 19.1 Å². The number of carbonyl (C=O) groups is 3.